The quantitative estimate of drug-likeness (QED) is 0.774. The normalized spacial score (nSPS) is 33.6. The van der Waals surface area contributed by atoms with Crippen LogP contribution in [0, 0.1) is 11.8 Å². The molecule has 0 aliphatic carbocycles. The Morgan fingerprint density at radius 2 is 2.24 bits per heavy atom. The molecular formula is C13H24N2O2. The number of nitrogens with one attached hydrogen (secondary N) is 1. The van der Waals surface area contributed by atoms with E-state index in [-0.39, 0.29) is 11.6 Å². The average Bonchev–Trinajstić information content (AvgIpc) is 2.78. The first kappa shape index (κ1) is 12.8. The maximum atomic E-state index is 11.4. The molecule has 0 saturated carbocycles. The van der Waals surface area contributed by atoms with Crippen LogP contribution in [0.1, 0.15) is 33.6 Å². The molecule has 4 nitrogen and oxygen atoms in total. The first-order valence-electron chi connectivity index (χ1n) is 6.68. The van der Waals surface area contributed by atoms with Gasteiger partial charge in [0.1, 0.15) is 6.04 Å². The van der Waals surface area contributed by atoms with Crippen LogP contribution in [0.2, 0.25) is 0 Å². The van der Waals surface area contributed by atoms with Crippen LogP contribution in [0.15, 0.2) is 0 Å². The number of carboxylic acid groups (broad SMARTS) is 1. The Morgan fingerprint density at radius 1 is 1.53 bits per heavy atom. The van der Waals surface area contributed by atoms with E-state index in [0.29, 0.717) is 11.8 Å². The number of rotatable bonds is 4. The lowest BCUT2D eigenvalue weighted by atomic mass is 9.84. The predicted octanol–water partition coefficient (Wildman–Crippen LogP) is 1.17. The standard InChI is InChI=1S/C13H24N2O2/c1-4-5-11(12(16)17)15-8-9-6-14-7-10(9)13(15,2)3/h9-11,14H,4-8H2,1-3H3,(H,16,17). The van der Waals surface area contributed by atoms with Crippen molar-refractivity contribution in [1.82, 2.24) is 10.2 Å². The van der Waals surface area contributed by atoms with Crippen LogP contribution in [-0.2, 0) is 4.79 Å². The molecule has 2 heterocycles. The molecule has 0 spiro atoms. The van der Waals surface area contributed by atoms with Crippen LogP contribution in [0.5, 0.6) is 0 Å². The van der Waals surface area contributed by atoms with Crippen LogP contribution < -0.4 is 5.32 Å². The van der Waals surface area contributed by atoms with Gasteiger partial charge in [-0.3, -0.25) is 9.69 Å². The molecule has 2 aliphatic rings. The van der Waals surface area contributed by atoms with Gasteiger partial charge in [-0.15, -0.1) is 0 Å². The highest BCUT2D eigenvalue weighted by atomic mass is 16.4. The summed E-state index contributed by atoms with van der Waals surface area (Å²) in [6.45, 7) is 9.48. The summed E-state index contributed by atoms with van der Waals surface area (Å²) >= 11 is 0. The van der Waals surface area contributed by atoms with Crippen molar-refractivity contribution in [1.29, 1.82) is 0 Å². The van der Waals surface area contributed by atoms with Crippen LogP contribution in [0.25, 0.3) is 0 Å². The topological polar surface area (TPSA) is 52.6 Å². The fourth-order valence-corrected chi connectivity index (χ4v) is 3.67. The summed E-state index contributed by atoms with van der Waals surface area (Å²) in [6, 6.07) is -0.305. The molecular weight excluding hydrogens is 216 g/mol. The second-order valence-electron chi connectivity index (χ2n) is 5.97. The van der Waals surface area contributed by atoms with Gasteiger partial charge < -0.3 is 10.4 Å². The smallest absolute Gasteiger partial charge is 0.320 e. The van der Waals surface area contributed by atoms with E-state index in [4.69, 9.17) is 0 Å². The van der Waals surface area contributed by atoms with Gasteiger partial charge in [0.05, 0.1) is 0 Å². The molecule has 0 radical (unpaired) electrons. The molecule has 3 unspecified atom stereocenters. The minimum atomic E-state index is -0.659. The van der Waals surface area contributed by atoms with Crippen molar-refractivity contribution in [3.05, 3.63) is 0 Å². The zero-order chi connectivity index (χ0) is 12.6. The highest BCUT2D eigenvalue weighted by Crippen LogP contribution is 2.42. The Bertz CT molecular complexity index is 304. The Hall–Kier alpha value is -0.610. The van der Waals surface area contributed by atoms with E-state index in [1.165, 1.54) is 0 Å². The number of fused-ring (bicyclic) bond motifs is 1. The van der Waals surface area contributed by atoms with E-state index in [0.717, 1.165) is 32.5 Å². The van der Waals surface area contributed by atoms with E-state index in [2.05, 4.69) is 31.0 Å². The number of carbonyl (C=O) groups is 1. The number of hydrogen-bond donors (Lipinski definition) is 2. The zero-order valence-corrected chi connectivity index (χ0v) is 11.1. The molecule has 2 rings (SSSR count). The van der Waals surface area contributed by atoms with Crippen LogP contribution in [-0.4, -0.2) is 47.2 Å². The van der Waals surface area contributed by atoms with Crippen LogP contribution >= 0.6 is 0 Å². The molecule has 0 aromatic heterocycles. The molecule has 2 saturated heterocycles. The van der Waals surface area contributed by atoms with Crippen LogP contribution in [0.4, 0.5) is 0 Å². The van der Waals surface area contributed by atoms with Crippen molar-refractivity contribution in [3.63, 3.8) is 0 Å². The average molecular weight is 240 g/mol. The zero-order valence-electron chi connectivity index (χ0n) is 11.1. The highest BCUT2D eigenvalue weighted by Gasteiger charge is 2.52. The molecule has 3 atom stereocenters. The van der Waals surface area contributed by atoms with E-state index in [1.807, 2.05) is 0 Å². The third-order valence-electron chi connectivity index (χ3n) is 4.64. The van der Waals surface area contributed by atoms with Crippen molar-refractivity contribution in [2.45, 2.75) is 45.2 Å². The maximum Gasteiger partial charge on any atom is 0.320 e. The minimum absolute atomic E-state index is 0.00634. The van der Waals surface area contributed by atoms with Gasteiger partial charge in [0.25, 0.3) is 0 Å². The number of nitrogens with zero attached hydrogens (tertiary/aromatic N) is 1. The fourth-order valence-electron chi connectivity index (χ4n) is 3.67. The summed E-state index contributed by atoms with van der Waals surface area (Å²) in [5.74, 6) is 0.567. The largest absolute Gasteiger partial charge is 0.480 e. The van der Waals surface area contributed by atoms with Crippen molar-refractivity contribution >= 4 is 5.97 Å². The molecule has 2 N–H and O–H groups in total. The number of carboxylic acids is 1. The first-order valence-corrected chi connectivity index (χ1v) is 6.68. The minimum Gasteiger partial charge on any atom is -0.480 e. The molecule has 0 aromatic carbocycles. The van der Waals surface area contributed by atoms with Gasteiger partial charge in [-0.05, 0) is 38.6 Å². The summed E-state index contributed by atoms with van der Waals surface area (Å²) < 4.78 is 0. The van der Waals surface area contributed by atoms with Gasteiger partial charge in [0.15, 0.2) is 0 Å². The van der Waals surface area contributed by atoms with Gasteiger partial charge in [0, 0.05) is 18.6 Å². The summed E-state index contributed by atoms with van der Waals surface area (Å²) in [7, 11) is 0. The Morgan fingerprint density at radius 3 is 2.76 bits per heavy atom. The molecule has 2 fully saturated rings. The van der Waals surface area contributed by atoms with Crippen molar-refractivity contribution in [2.24, 2.45) is 11.8 Å². The Balaban J connectivity index is 2.18. The molecule has 0 bridgehead atoms. The maximum absolute atomic E-state index is 11.4. The first-order chi connectivity index (χ1) is 7.98. The lowest BCUT2D eigenvalue weighted by Gasteiger charge is -2.39. The van der Waals surface area contributed by atoms with Gasteiger partial charge in [-0.1, -0.05) is 13.3 Å². The Labute approximate surface area is 103 Å². The fraction of sp³-hybridized carbons (Fsp3) is 0.923. The van der Waals surface area contributed by atoms with E-state index >= 15 is 0 Å². The molecule has 98 valence electrons. The van der Waals surface area contributed by atoms with E-state index in [1.54, 1.807) is 0 Å². The summed E-state index contributed by atoms with van der Waals surface area (Å²) in [4.78, 5) is 13.7. The van der Waals surface area contributed by atoms with E-state index < -0.39 is 5.97 Å². The van der Waals surface area contributed by atoms with Gasteiger partial charge in [0.2, 0.25) is 0 Å². The third kappa shape index (κ3) is 2.08. The number of hydrogen-bond acceptors (Lipinski definition) is 3. The molecule has 0 amide bonds. The Kier molecular flexibility index (Phi) is 3.46. The second-order valence-corrected chi connectivity index (χ2v) is 5.97. The molecule has 2 aliphatic heterocycles. The van der Waals surface area contributed by atoms with Crippen molar-refractivity contribution in [2.75, 3.05) is 19.6 Å². The molecule has 17 heavy (non-hydrogen) atoms. The monoisotopic (exact) mass is 240 g/mol. The van der Waals surface area contributed by atoms with Gasteiger partial charge >= 0.3 is 5.97 Å². The SMILES string of the molecule is CCCC(C(=O)O)N1CC2CNCC2C1(C)C. The summed E-state index contributed by atoms with van der Waals surface area (Å²) in [6.07, 6.45) is 1.68. The number of aliphatic carboxylic acids is 1. The van der Waals surface area contributed by atoms with Crippen LogP contribution in [0.3, 0.4) is 0 Å². The lowest BCUT2D eigenvalue weighted by molar-refractivity contribution is -0.145. The third-order valence-corrected chi connectivity index (χ3v) is 4.64. The second kappa shape index (κ2) is 4.58. The van der Waals surface area contributed by atoms with Gasteiger partial charge in [-0.25, -0.2) is 0 Å². The summed E-state index contributed by atoms with van der Waals surface area (Å²) in [5, 5.41) is 12.8. The molecule has 0 aromatic rings. The van der Waals surface area contributed by atoms with Crippen molar-refractivity contribution < 1.29 is 9.90 Å². The lowest BCUT2D eigenvalue weighted by Crippen LogP contribution is -2.52. The summed E-state index contributed by atoms with van der Waals surface area (Å²) in [5.41, 5.74) is 0.00634. The number of likely N-dealkylation sites (tertiary alicyclic amines) is 1. The van der Waals surface area contributed by atoms with Gasteiger partial charge in [-0.2, -0.15) is 0 Å². The van der Waals surface area contributed by atoms with Crippen molar-refractivity contribution in [3.8, 4) is 0 Å². The molecule has 4 heteroatoms. The predicted molar refractivity (Wildman–Crippen MR) is 67.0 cm³/mol. The van der Waals surface area contributed by atoms with E-state index in [9.17, 15) is 9.90 Å². The highest BCUT2D eigenvalue weighted by molar-refractivity contribution is 5.73.